The van der Waals surface area contributed by atoms with Crippen LogP contribution >= 0.6 is 0 Å². The van der Waals surface area contributed by atoms with E-state index >= 15 is 0 Å². The van der Waals surface area contributed by atoms with Gasteiger partial charge < -0.3 is 10.6 Å². The molecule has 1 aliphatic carbocycles. The summed E-state index contributed by atoms with van der Waals surface area (Å²) in [4.78, 5) is 15.9. The van der Waals surface area contributed by atoms with Crippen molar-refractivity contribution in [2.75, 3.05) is 6.54 Å². The Morgan fingerprint density at radius 3 is 2.55 bits per heavy atom. The minimum atomic E-state index is -0.114. The zero-order chi connectivity index (χ0) is 15.4. The third-order valence-electron chi connectivity index (χ3n) is 4.36. The predicted octanol–water partition coefficient (Wildman–Crippen LogP) is 2.92. The molecule has 4 heteroatoms. The number of urea groups is 1. The lowest BCUT2D eigenvalue weighted by atomic mass is 9.92. The molecule has 0 bridgehead atoms. The normalized spacial score (nSPS) is 15.1. The zero-order valence-corrected chi connectivity index (χ0v) is 12.8. The highest BCUT2D eigenvalue weighted by molar-refractivity contribution is 5.74. The number of carbonyl (C=O) groups is 1. The Bertz CT molecular complexity index is 650. The number of amides is 2. The summed E-state index contributed by atoms with van der Waals surface area (Å²) < 4.78 is 0. The van der Waals surface area contributed by atoms with Gasteiger partial charge in [-0.3, -0.25) is 4.98 Å². The van der Waals surface area contributed by atoms with Gasteiger partial charge in [-0.2, -0.15) is 0 Å². The molecule has 2 amide bonds. The number of rotatable bonds is 5. The number of hydrogen-bond donors (Lipinski definition) is 2. The van der Waals surface area contributed by atoms with Crippen LogP contribution in [0.5, 0.6) is 0 Å². The van der Waals surface area contributed by atoms with E-state index < -0.39 is 0 Å². The number of benzene rings is 1. The molecule has 1 aromatic heterocycles. The van der Waals surface area contributed by atoms with Crippen LogP contribution in [0.25, 0.3) is 0 Å². The van der Waals surface area contributed by atoms with Crippen LogP contribution in [0.2, 0.25) is 0 Å². The number of carbonyl (C=O) groups excluding carboxylic acids is 1. The highest BCUT2D eigenvalue weighted by Gasteiger charge is 2.45. The van der Waals surface area contributed by atoms with E-state index in [-0.39, 0.29) is 11.4 Å². The summed E-state index contributed by atoms with van der Waals surface area (Å²) in [6, 6.07) is 12.1. The summed E-state index contributed by atoms with van der Waals surface area (Å²) in [5.41, 5.74) is 3.85. The fraction of sp³-hybridized carbons (Fsp3) is 0.333. The van der Waals surface area contributed by atoms with E-state index in [0.29, 0.717) is 13.1 Å². The Morgan fingerprint density at radius 2 is 1.86 bits per heavy atom. The molecule has 2 N–H and O–H groups in total. The van der Waals surface area contributed by atoms with Gasteiger partial charge in [-0.15, -0.1) is 0 Å². The van der Waals surface area contributed by atoms with Crippen LogP contribution in [-0.4, -0.2) is 17.6 Å². The number of nitrogens with zero attached hydrogens (tertiary/aromatic N) is 1. The standard InChI is InChI=1S/C18H21N3O/c1-14-4-2-3-5-16(14)18(8-9-18)13-21-17(22)20-12-15-6-10-19-11-7-15/h2-7,10-11H,8-9,12-13H2,1H3,(H2,20,21,22). The molecule has 0 radical (unpaired) electrons. The van der Waals surface area contributed by atoms with Crippen molar-refractivity contribution in [2.24, 2.45) is 0 Å². The van der Waals surface area contributed by atoms with Crippen LogP contribution in [0.3, 0.4) is 0 Å². The summed E-state index contributed by atoms with van der Waals surface area (Å²) in [5.74, 6) is 0. The number of pyridine rings is 1. The Hall–Kier alpha value is -2.36. The maximum Gasteiger partial charge on any atom is 0.315 e. The number of aromatic nitrogens is 1. The van der Waals surface area contributed by atoms with Gasteiger partial charge in [0.1, 0.15) is 0 Å². The van der Waals surface area contributed by atoms with Gasteiger partial charge in [0.05, 0.1) is 0 Å². The van der Waals surface area contributed by atoms with Crippen molar-refractivity contribution in [3.8, 4) is 0 Å². The van der Waals surface area contributed by atoms with E-state index in [1.807, 2.05) is 12.1 Å². The molecule has 2 aromatic rings. The van der Waals surface area contributed by atoms with Gasteiger partial charge in [0.2, 0.25) is 0 Å². The van der Waals surface area contributed by atoms with Crippen molar-refractivity contribution in [1.82, 2.24) is 15.6 Å². The van der Waals surface area contributed by atoms with Crippen LogP contribution in [-0.2, 0) is 12.0 Å². The molecule has 1 heterocycles. The Balaban J connectivity index is 1.52. The average molecular weight is 295 g/mol. The summed E-state index contributed by atoms with van der Waals surface area (Å²) in [6.45, 7) is 3.35. The van der Waals surface area contributed by atoms with E-state index in [0.717, 1.165) is 18.4 Å². The second-order valence-corrected chi connectivity index (χ2v) is 5.99. The fourth-order valence-corrected chi connectivity index (χ4v) is 2.86. The second-order valence-electron chi connectivity index (χ2n) is 5.99. The van der Waals surface area contributed by atoms with Crippen molar-refractivity contribution < 1.29 is 4.79 Å². The predicted molar refractivity (Wildman–Crippen MR) is 86.6 cm³/mol. The van der Waals surface area contributed by atoms with Gasteiger partial charge >= 0.3 is 6.03 Å². The van der Waals surface area contributed by atoms with Crippen molar-refractivity contribution in [3.63, 3.8) is 0 Å². The van der Waals surface area contributed by atoms with Crippen molar-refractivity contribution in [3.05, 3.63) is 65.5 Å². The molecule has 4 nitrogen and oxygen atoms in total. The highest BCUT2D eigenvalue weighted by Crippen LogP contribution is 2.48. The van der Waals surface area contributed by atoms with Gasteiger partial charge in [0.25, 0.3) is 0 Å². The van der Waals surface area contributed by atoms with E-state index in [4.69, 9.17) is 0 Å². The molecule has 0 atom stereocenters. The molecule has 3 rings (SSSR count). The minimum Gasteiger partial charge on any atom is -0.337 e. The summed E-state index contributed by atoms with van der Waals surface area (Å²) in [7, 11) is 0. The van der Waals surface area contributed by atoms with Crippen LogP contribution in [0.1, 0.15) is 29.5 Å². The second kappa shape index (κ2) is 6.18. The largest absolute Gasteiger partial charge is 0.337 e. The van der Waals surface area contributed by atoms with Gasteiger partial charge in [-0.05, 0) is 48.6 Å². The summed E-state index contributed by atoms with van der Waals surface area (Å²) in [5, 5.41) is 5.90. The molecule has 0 spiro atoms. The zero-order valence-electron chi connectivity index (χ0n) is 12.8. The van der Waals surface area contributed by atoms with E-state index in [9.17, 15) is 4.79 Å². The Kier molecular flexibility index (Phi) is 4.09. The molecule has 0 saturated heterocycles. The Labute approximate surface area is 131 Å². The first-order valence-corrected chi connectivity index (χ1v) is 7.66. The number of hydrogen-bond acceptors (Lipinski definition) is 2. The number of aryl methyl sites for hydroxylation is 1. The first-order valence-electron chi connectivity index (χ1n) is 7.66. The minimum absolute atomic E-state index is 0.114. The van der Waals surface area contributed by atoms with E-state index in [1.54, 1.807) is 12.4 Å². The topological polar surface area (TPSA) is 54.0 Å². The maximum absolute atomic E-state index is 12.0. The molecule has 0 unspecified atom stereocenters. The quantitative estimate of drug-likeness (QED) is 0.891. The monoisotopic (exact) mass is 295 g/mol. The first-order chi connectivity index (χ1) is 10.7. The number of nitrogens with one attached hydrogen (secondary N) is 2. The van der Waals surface area contributed by atoms with Gasteiger partial charge in [0, 0.05) is 30.9 Å². The fourth-order valence-electron chi connectivity index (χ4n) is 2.86. The van der Waals surface area contributed by atoms with Crippen molar-refractivity contribution >= 4 is 6.03 Å². The van der Waals surface area contributed by atoms with Gasteiger partial charge in [-0.25, -0.2) is 4.79 Å². The average Bonchev–Trinajstić information content (AvgIpc) is 3.33. The third kappa shape index (κ3) is 3.27. The lowest BCUT2D eigenvalue weighted by Gasteiger charge is -2.19. The van der Waals surface area contributed by atoms with Gasteiger partial charge in [0.15, 0.2) is 0 Å². The first kappa shape index (κ1) is 14.6. The third-order valence-corrected chi connectivity index (χ3v) is 4.36. The highest BCUT2D eigenvalue weighted by atomic mass is 16.2. The van der Waals surface area contributed by atoms with Crippen molar-refractivity contribution in [2.45, 2.75) is 31.7 Å². The van der Waals surface area contributed by atoms with Gasteiger partial charge in [-0.1, -0.05) is 24.3 Å². The molecule has 114 valence electrons. The molecule has 1 aromatic carbocycles. The SMILES string of the molecule is Cc1ccccc1C1(CNC(=O)NCc2ccncc2)CC1. The van der Waals surface area contributed by atoms with Crippen molar-refractivity contribution in [1.29, 1.82) is 0 Å². The molecule has 0 aliphatic heterocycles. The van der Waals surface area contributed by atoms with Crippen LogP contribution in [0.15, 0.2) is 48.8 Å². The van der Waals surface area contributed by atoms with Crippen LogP contribution in [0.4, 0.5) is 4.79 Å². The Morgan fingerprint density at radius 1 is 1.14 bits per heavy atom. The summed E-state index contributed by atoms with van der Waals surface area (Å²) in [6.07, 6.45) is 5.74. The molecule has 1 saturated carbocycles. The molecular formula is C18H21N3O. The van der Waals surface area contributed by atoms with Crippen LogP contribution in [0, 0.1) is 6.92 Å². The smallest absolute Gasteiger partial charge is 0.315 e. The maximum atomic E-state index is 12.0. The lowest BCUT2D eigenvalue weighted by molar-refractivity contribution is 0.239. The molecule has 22 heavy (non-hydrogen) atoms. The molecular weight excluding hydrogens is 274 g/mol. The van der Waals surface area contributed by atoms with Crippen LogP contribution < -0.4 is 10.6 Å². The molecule has 1 fully saturated rings. The van der Waals surface area contributed by atoms with E-state index in [1.165, 1.54) is 11.1 Å². The molecule has 1 aliphatic rings. The lowest BCUT2D eigenvalue weighted by Crippen LogP contribution is -2.39. The summed E-state index contributed by atoms with van der Waals surface area (Å²) >= 11 is 0. The van der Waals surface area contributed by atoms with E-state index in [2.05, 4.69) is 46.8 Å².